The summed E-state index contributed by atoms with van der Waals surface area (Å²) < 4.78 is 13.7. The molecular weight excluding hydrogens is 279 g/mol. The van der Waals surface area contributed by atoms with E-state index in [0.29, 0.717) is 13.1 Å². The van der Waals surface area contributed by atoms with Crippen LogP contribution in [0.15, 0.2) is 36.4 Å². The van der Waals surface area contributed by atoms with Crippen LogP contribution in [0.25, 0.3) is 0 Å². The van der Waals surface area contributed by atoms with E-state index < -0.39 is 5.82 Å². The van der Waals surface area contributed by atoms with Gasteiger partial charge in [-0.25, -0.2) is 4.39 Å². The molecule has 3 nitrogen and oxygen atoms in total. The van der Waals surface area contributed by atoms with E-state index in [9.17, 15) is 9.18 Å². The average Bonchev–Trinajstić information content (AvgIpc) is 2.56. The number of halogens is 1. The number of hydrogen-bond donors (Lipinski definition) is 0. The maximum absolute atomic E-state index is 13.7. The molecule has 1 aliphatic carbocycles. The Hall–Kier alpha value is -1.68. The van der Waals surface area contributed by atoms with E-state index in [1.807, 2.05) is 0 Å². The van der Waals surface area contributed by atoms with E-state index in [0.717, 1.165) is 25.6 Å². The summed E-state index contributed by atoms with van der Waals surface area (Å²) in [6, 6.07) is 6.24. The van der Waals surface area contributed by atoms with E-state index in [1.54, 1.807) is 23.1 Å². The van der Waals surface area contributed by atoms with Crippen LogP contribution >= 0.6 is 0 Å². The van der Waals surface area contributed by atoms with Gasteiger partial charge in [0.05, 0.1) is 5.56 Å². The van der Waals surface area contributed by atoms with Gasteiger partial charge in [-0.1, -0.05) is 24.3 Å². The topological polar surface area (TPSA) is 23.6 Å². The average molecular weight is 302 g/mol. The van der Waals surface area contributed by atoms with Gasteiger partial charge in [-0.15, -0.1) is 0 Å². The minimum absolute atomic E-state index is 0.182. The van der Waals surface area contributed by atoms with Crippen molar-refractivity contribution in [3.05, 3.63) is 47.8 Å². The lowest BCUT2D eigenvalue weighted by Gasteiger charge is -2.36. The highest BCUT2D eigenvalue weighted by atomic mass is 19.1. The van der Waals surface area contributed by atoms with Crippen molar-refractivity contribution in [3.8, 4) is 0 Å². The summed E-state index contributed by atoms with van der Waals surface area (Å²) in [5.74, 6) is 0.140. The molecule has 1 fully saturated rings. The molecule has 1 aliphatic heterocycles. The molecule has 1 aromatic rings. The molecular formula is C18H23FN2O. The summed E-state index contributed by atoms with van der Waals surface area (Å²) in [6.07, 6.45) is 8.18. The van der Waals surface area contributed by atoms with Crippen LogP contribution in [0.2, 0.25) is 0 Å². The normalized spacial score (nSPS) is 22.8. The second-order valence-corrected chi connectivity index (χ2v) is 6.22. The molecule has 1 atom stereocenters. The molecule has 1 aromatic carbocycles. The SMILES string of the molecule is O=C(c1ccccc1F)N1CCN(C[C@@H]2CC=CCC2)CC1. The smallest absolute Gasteiger partial charge is 0.256 e. The largest absolute Gasteiger partial charge is 0.336 e. The van der Waals surface area contributed by atoms with E-state index in [-0.39, 0.29) is 11.5 Å². The molecule has 1 heterocycles. The van der Waals surface area contributed by atoms with Gasteiger partial charge in [0.2, 0.25) is 0 Å². The number of allylic oxidation sites excluding steroid dienone is 2. The molecule has 0 unspecified atom stereocenters. The summed E-state index contributed by atoms with van der Waals surface area (Å²) in [7, 11) is 0. The maximum atomic E-state index is 13.7. The summed E-state index contributed by atoms with van der Waals surface area (Å²) >= 11 is 0. The summed E-state index contributed by atoms with van der Waals surface area (Å²) in [5, 5.41) is 0. The minimum Gasteiger partial charge on any atom is -0.336 e. The Morgan fingerprint density at radius 2 is 1.91 bits per heavy atom. The number of carbonyl (C=O) groups excluding carboxylic acids is 1. The monoisotopic (exact) mass is 302 g/mol. The lowest BCUT2D eigenvalue weighted by molar-refractivity contribution is 0.0610. The highest BCUT2D eigenvalue weighted by Crippen LogP contribution is 2.20. The Bertz CT molecular complexity index is 550. The number of amides is 1. The molecule has 2 aliphatic rings. The predicted octanol–water partition coefficient (Wildman–Crippen LogP) is 2.94. The van der Waals surface area contributed by atoms with Crippen molar-refractivity contribution in [2.75, 3.05) is 32.7 Å². The number of rotatable bonds is 3. The first-order valence-corrected chi connectivity index (χ1v) is 8.15. The molecule has 0 aromatic heterocycles. The zero-order valence-corrected chi connectivity index (χ0v) is 12.9. The third-order valence-electron chi connectivity index (χ3n) is 4.66. The van der Waals surface area contributed by atoms with Crippen molar-refractivity contribution < 1.29 is 9.18 Å². The number of nitrogens with zero attached hydrogens (tertiary/aromatic N) is 2. The standard InChI is InChI=1S/C18H23FN2O/c19-17-9-5-4-8-16(17)18(22)21-12-10-20(11-13-21)14-15-6-2-1-3-7-15/h1-2,4-5,8-9,15H,3,6-7,10-14H2/t15-/m1/s1. The van der Waals surface area contributed by atoms with Crippen molar-refractivity contribution in [3.63, 3.8) is 0 Å². The molecule has 22 heavy (non-hydrogen) atoms. The second-order valence-electron chi connectivity index (χ2n) is 6.22. The summed E-state index contributed by atoms with van der Waals surface area (Å²) in [5.41, 5.74) is 0.188. The van der Waals surface area contributed by atoms with Gasteiger partial charge in [-0.3, -0.25) is 9.69 Å². The Kier molecular flexibility index (Phi) is 4.88. The third kappa shape index (κ3) is 3.55. The Morgan fingerprint density at radius 3 is 2.59 bits per heavy atom. The van der Waals surface area contributed by atoms with Gasteiger partial charge < -0.3 is 4.90 Å². The summed E-state index contributed by atoms with van der Waals surface area (Å²) in [4.78, 5) is 16.6. The predicted molar refractivity (Wildman–Crippen MR) is 85.2 cm³/mol. The van der Waals surface area contributed by atoms with E-state index in [1.165, 1.54) is 25.3 Å². The Balaban J connectivity index is 1.52. The molecule has 1 amide bonds. The fraction of sp³-hybridized carbons (Fsp3) is 0.500. The third-order valence-corrected chi connectivity index (χ3v) is 4.66. The van der Waals surface area contributed by atoms with Gasteiger partial charge in [-0.2, -0.15) is 0 Å². The highest BCUT2D eigenvalue weighted by Gasteiger charge is 2.25. The van der Waals surface area contributed by atoms with Crippen LogP contribution in [-0.4, -0.2) is 48.4 Å². The second kappa shape index (κ2) is 7.05. The zero-order valence-electron chi connectivity index (χ0n) is 12.9. The van der Waals surface area contributed by atoms with Crippen molar-refractivity contribution in [1.82, 2.24) is 9.80 Å². The van der Waals surface area contributed by atoms with Crippen LogP contribution in [0, 0.1) is 11.7 Å². The van der Waals surface area contributed by atoms with Gasteiger partial charge in [0, 0.05) is 32.7 Å². The van der Waals surface area contributed by atoms with E-state index >= 15 is 0 Å². The van der Waals surface area contributed by atoms with Crippen molar-refractivity contribution in [2.45, 2.75) is 19.3 Å². The van der Waals surface area contributed by atoms with Crippen LogP contribution in [0.1, 0.15) is 29.6 Å². The molecule has 0 spiro atoms. The Labute approximate surface area is 131 Å². The van der Waals surface area contributed by atoms with Gasteiger partial charge in [0.25, 0.3) is 5.91 Å². The molecule has 0 saturated carbocycles. The van der Waals surface area contributed by atoms with Crippen molar-refractivity contribution in [2.24, 2.45) is 5.92 Å². The van der Waals surface area contributed by atoms with Crippen LogP contribution in [-0.2, 0) is 0 Å². The summed E-state index contributed by atoms with van der Waals surface area (Å²) in [6.45, 7) is 4.28. The van der Waals surface area contributed by atoms with E-state index in [2.05, 4.69) is 17.1 Å². The number of carbonyl (C=O) groups is 1. The molecule has 3 rings (SSSR count). The molecule has 0 radical (unpaired) electrons. The van der Waals surface area contributed by atoms with Gasteiger partial charge >= 0.3 is 0 Å². The molecule has 0 bridgehead atoms. The van der Waals surface area contributed by atoms with Crippen molar-refractivity contribution in [1.29, 1.82) is 0 Å². The number of benzene rings is 1. The lowest BCUT2D eigenvalue weighted by Crippen LogP contribution is -2.50. The molecule has 118 valence electrons. The lowest BCUT2D eigenvalue weighted by atomic mass is 9.94. The molecule has 1 saturated heterocycles. The Morgan fingerprint density at radius 1 is 1.14 bits per heavy atom. The van der Waals surface area contributed by atoms with Gasteiger partial charge in [-0.05, 0) is 37.3 Å². The molecule has 0 N–H and O–H groups in total. The maximum Gasteiger partial charge on any atom is 0.256 e. The van der Waals surface area contributed by atoms with Crippen LogP contribution in [0.4, 0.5) is 4.39 Å². The number of piperazine rings is 1. The molecule has 4 heteroatoms. The quantitative estimate of drug-likeness (QED) is 0.802. The van der Waals surface area contributed by atoms with E-state index in [4.69, 9.17) is 0 Å². The van der Waals surface area contributed by atoms with Crippen LogP contribution < -0.4 is 0 Å². The first-order chi connectivity index (χ1) is 10.7. The first-order valence-electron chi connectivity index (χ1n) is 8.15. The fourth-order valence-corrected chi connectivity index (χ4v) is 3.33. The zero-order chi connectivity index (χ0) is 15.4. The van der Waals surface area contributed by atoms with Gasteiger partial charge in [0.15, 0.2) is 0 Å². The van der Waals surface area contributed by atoms with Crippen LogP contribution in [0.3, 0.4) is 0 Å². The first kappa shape index (κ1) is 15.2. The van der Waals surface area contributed by atoms with Gasteiger partial charge in [0.1, 0.15) is 5.82 Å². The fourth-order valence-electron chi connectivity index (χ4n) is 3.33. The van der Waals surface area contributed by atoms with Crippen LogP contribution in [0.5, 0.6) is 0 Å². The van der Waals surface area contributed by atoms with Crippen molar-refractivity contribution >= 4 is 5.91 Å². The number of hydrogen-bond acceptors (Lipinski definition) is 2. The highest BCUT2D eigenvalue weighted by molar-refractivity contribution is 5.94. The minimum atomic E-state index is -0.427.